The molecule has 1 fully saturated rings. The minimum atomic E-state index is -0.0275. The Morgan fingerprint density at radius 3 is 2.56 bits per heavy atom. The van der Waals surface area contributed by atoms with E-state index < -0.39 is 0 Å². The first kappa shape index (κ1) is 26.4. The maximum absolute atomic E-state index is 6.12. The highest BCUT2D eigenvalue weighted by atomic mass is 16.5. The molecule has 1 aliphatic heterocycles. The zero-order valence-electron chi connectivity index (χ0n) is 23.1. The first-order valence-electron chi connectivity index (χ1n) is 13.4. The number of aromatic nitrogens is 4. The molecule has 0 saturated carbocycles. The first-order chi connectivity index (χ1) is 18.9. The summed E-state index contributed by atoms with van der Waals surface area (Å²) in [6.07, 6.45) is 6.62. The molecule has 1 atom stereocenters. The molecule has 0 aliphatic carbocycles. The molecular weight excluding hydrogens is 488 g/mol. The van der Waals surface area contributed by atoms with E-state index in [0.29, 0.717) is 11.7 Å². The van der Waals surface area contributed by atoms with E-state index in [9.17, 15) is 0 Å². The lowest BCUT2D eigenvalue weighted by Crippen LogP contribution is -2.45. The van der Waals surface area contributed by atoms with Crippen molar-refractivity contribution in [2.24, 2.45) is 0 Å². The van der Waals surface area contributed by atoms with Crippen molar-refractivity contribution in [1.29, 1.82) is 0 Å². The van der Waals surface area contributed by atoms with Crippen molar-refractivity contribution < 1.29 is 4.74 Å². The lowest BCUT2D eigenvalue weighted by Gasteiger charge is -2.35. The van der Waals surface area contributed by atoms with E-state index in [4.69, 9.17) is 15.5 Å². The van der Waals surface area contributed by atoms with Gasteiger partial charge in [0.25, 0.3) is 0 Å². The number of fused-ring (bicyclic) bond motifs is 1. The maximum Gasteiger partial charge on any atom is 0.222 e. The molecule has 1 saturated heterocycles. The topological polar surface area (TPSA) is 105 Å². The van der Waals surface area contributed by atoms with Crippen molar-refractivity contribution in [3.05, 3.63) is 71.0 Å². The number of rotatable bonds is 8. The highest BCUT2D eigenvalue weighted by Gasteiger charge is 2.24. The molecule has 3 N–H and O–H groups in total. The molecule has 9 heteroatoms. The third kappa shape index (κ3) is 5.93. The fourth-order valence-electron chi connectivity index (χ4n) is 4.92. The zero-order chi connectivity index (χ0) is 27.4. The highest BCUT2D eigenvalue weighted by molar-refractivity contribution is 5.83. The quantitative estimate of drug-likeness (QED) is 0.336. The van der Waals surface area contributed by atoms with Crippen LogP contribution in [0.1, 0.15) is 41.8 Å². The normalized spacial score (nSPS) is 15.1. The van der Waals surface area contributed by atoms with Gasteiger partial charge in [-0.2, -0.15) is 4.98 Å². The Morgan fingerprint density at radius 1 is 1.05 bits per heavy atom. The van der Waals surface area contributed by atoms with E-state index in [1.54, 1.807) is 13.3 Å². The molecule has 4 aromatic rings. The van der Waals surface area contributed by atoms with Crippen molar-refractivity contribution in [2.75, 3.05) is 56.3 Å². The van der Waals surface area contributed by atoms with Gasteiger partial charge in [0.1, 0.15) is 11.6 Å². The molecule has 1 aliphatic rings. The summed E-state index contributed by atoms with van der Waals surface area (Å²) in [6, 6.07) is 14.3. The van der Waals surface area contributed by atoms with E-state index in [2.05, 4.69) is 68.3 Å². The van der Waals surface area contributed by atoms with Crippen LogP contribution >= 0.6 is 0 Å². The van der Waals surface area contributed by atoms with Crippen molar-refractivity contribution in [1.82, 2.24) is 24.8 Å². The smallest absolute Gasteiger partial charge is 0.222 e. The van der Waals surface area contributed by atoms with E-state index in [0.717, 1.165) is 71.7 Å². The fourth-order valence-corrected chi connectivity index (χ4v) is 4.92. The lowest BCUT2D eigenvalue weighted by atomic mass is 10.0. The number of likely N-dealkylation sites (N-methyl/N-ethyl adjacent to an activating group) is 1. The number of methoxy groups -OCH3 is 1. The van der Waals surface area contributed by atoms with Crippen LogP contribution in [0.4, 0.5) is 17.6 Å². The van der Waals surface area contributed by atoms with Gasteiger partial charge in [0.15, 0.2) is 0 Å². The van der Waals surface area contributed by atoms with Crippen LogP contribution in [0, 0.1) is 6.92 Å². The van der Waals surface area contributed by atoms with Gasteiger partial charge >= 0.3 is 0 Å². The van der Waals surface area contributed by atoms with Crippen LogP contribution in [0.3, 0.4) is 0 Å². The van der Waals surface area contributed by atoms with Crippen molar-refractivity contribution >= 4 is 40.6 Å². The Morgan fingerprint density at radius 2 is 1.85 bits per heavy atom. The van der Waals surface area contributed by atoms with Crippen molar-refractivity contribution in [3.63, 3.8) is 0 Å². The Balaban J connectivity index is 1.52. The average molecular weight is 525 g/mol. The molecule has 4 heterocycles. The standard InChI is InChI=1S/C30H36N8O/c1-5-25(24-18-22-8-6-7-9-26(22)35-29(24)38-16-14-37(3)15-17-38)34-28-23(20(2)33-30(31)36-28)12-10-21-11-13-27(39-4)32-19-21/h6-13,18-19,25H,5,14-17H2,1-4H3,(H3,31,33,34,36). The number of hydrogen-bond acceptors (Lipinski definition) is 9. The van der Waals surface area contributed by atoms with E-state index in [1.807, 2.05) is 37.3 Å². The van der Waals surface area contributed by atoms with Crippen LogP contribution in [0.25, 0.3) is 23.1 Å². The first-order valence-corrected chi connectivity index (χ1v) is 13.4. The summed E-state index contributed by atoms with van der Waals surface area (Å²) in [5.74, 6) is 2.54. The van der Waals surface area contributed by atoms with Crippen LogP contribution in [0.5, 0.6) is 5.88 Å². The van der Waals surface area contributed by atoms with Gasteiger partial charge < -0.3 is 25.6 Å². The molecule has 202 valence electrons. The molecule has 9 nitrogen and oxygen atoms in total. The van der Waals surface area contributed by atoms with Gasteiger partial charge in [-0.05, 0) is 50.2 Å². The summed E-state index contributed by atoms with van der Waals surface area (Å²) in [4.78, 5) is 23.3. The van der Waals surface area contributed by atoms with Crippen molar-refractivity contribution in [2.45, 2.75) is 26.3 Å². The van der Waals surface area contributed by atoms with Gasteiger partial charge in [0.05, 0.1) is 24.4 Å². The monoisotopic (exact) mass is 524 g/mol. The van der Waals surface area contributed by atoms with Crippen LogP contribution in [-0.4, -0.2) is 65.2 Å². The largest absolute Gasteiger partial charge is 0.481 e. The van der Waals surface area contributed by atoms with Crippen LogP contribution in [0.2, 0.25) is 0 Å². The Labute approximate surface area is 229 Å². The van der Waals surface area contributed by atoms with Gasteiger partial charge in [-0.25, -0.2) is 15.0 Å². The van der Waals surface area contributed by atoms with Gasteiger partial charge in [-0.15, -0.1) is 0 Å². The lowest BCUT2D eigenvalue weighted by molar-refractivity contribution is 0.311. The number of nitrogen functional groups attached to an aromatic ring is 1. The number of nitrogens with two attached hydrogens (primary N) is 1. The predicted molar refractivity (Wildman–Crippen MR) is 159 cm³/mol. The van der Waals surface area contributed by atoms with Gasteiger partial charge in [0, 0.05) is 55.0 Å². The Bertz CT molecular complexity index is 1460. The number of pyridine rings is 2. The number of aryl methyl sites for hydroxylation is 1. The van der Waals surface area contributed by atoms with Gasteiger partial charge in [-0.3, -0.25) is 0 Å². The van der Waals surface area contributed by atoms with E-state index >= 15 is 0 Å². The molecule has 0 radical (unpaired) electrons. The number of nitrogens with one attached hydrogen (secondary N) is 1. The van der Waals surface area contributed by atoms with Gasteiger partial charge in [0.2, 0.25) is 11.8 Å². The average Bonchev–Trinajstić information content (AvgIpc) is 2.95. The number of para-hydroxylation sites is 1. The molecule has 3 aromatic heterocycles. The summed E-state index contributed by atoms with van der Waals surface area (Å²) in [5, 5.41) is 4.83. The Hall–Kier alpha value is -4.24. The van der Waals surface area contributed by atoms with Crippen LogP contribution in [0.15, 0.2) is 48.7 Å². The molecule has 39 heavy (non-hydrogen) atoms. The molecule has 5 rings (SSSR count). The second-order valence-electron chi connectivity index (χ2n) is 9.89. The number of hydrogen-bond donors (Lipinski definition) is 2. The number of ether oxygens (including phenoxy) is 1. The summed E-state index contributed by atoms with van der Waals surface area (Å²) < 4.78 is 5.18. The number of benzene rings is 1. The van der Waals surface area contributed by atoms with Crippen LogP contribution < -0.4 is 20.7 Å². The summed E-state index contributed by atoms with van der Waals surface area (Å²) in [7, 11) is 3.77. The molecule has 0 spiro atoms. The molecular formula is C30H36N8O. The summed E-state index contributed by atoms with van der Waals surface area (Å²) in [6.45, 7) is 8.02. The minimum absolute atomic E-state index is 0.0275. The summed E-state index contributed by atoms with van der Waals surface area (Å²) >= 11 is 0. The molecule has 1 aromatic carbocycles. The maximum atomic E-state index is 6.12. The number of nitrogens with zero attached hydrogens (tertiary/aromatic N) is 6. The molecule has 0 bridgehead atoms. The fraction of sp³-hybridized carbons (Fsp3) is 0.333. The third-order valence-corrected chi connectivity index (χ3v) is 7.19. The third-order valence-electron chi connectivity index (χ3n) is 7.19. The highest BCUT2D eigenvalue weighted by Crippen LogP contribution is 2.34. The van der Waals surface area contributed by atoms with Crippen LogP contribution in [-0.2, 0) is 0 Å². The SMILES string of the molecule is CCC(Nc1nc(N)nc(C)c1C=Cc1ccc(OC)nc1)c1cc2ccccc2nc1N1CCN(C)CC1. The number of piperazine rings is 1. The zero-order valence-corrected chi connectivity index (χ0v) is 23.1. The molecule has 0 amide bonds. The molecule has 1 unspecified atom stereocenters. The predicted octanol–water partition coefficient (Wildman–Crippen LogP) is 4.80. The van der Waals surface area contributed by atoms with E-state index in [-0.39, 0.29) is 12.0 Å². The van der Waals surface area contributed by atoms with Crippen molar-refractivity contribution in [3.8, 4) is 5.88 Å². The Kier molecular flexibility index (Phi) is 7.88. The second-order valence-corrected chi connectivity index (χ2v) is 9.89. The van der Waals surface area contributed by atoms with E-state index in [1.165, 1.54) is 0 Å². The van der Waals surface area contributed by atoms with Gasteiger partial charge in [-0.1, -0.05) is 31.2 Å². The number of anilines is 3. The second kappa shape index (κ2) is 11.7. The minimum Gasteiger partial charge on any atom is -0.481 e. The summed E-state index contributed by atoms with van der Waals surface area (Å²) in [5.41, 5.74) is 10.9.